The first-order chi connectivity index (χ1) is 8.95. The van der Waals surface area contributed by atoms with Crippen molar-refractivity contribution in [1.29, 1.82) is 0 Å². The zero-order valence-corrected chi connectivity index (χ0v) is 12.3. The van der Waals surface area contributed by atoms with Crippen LogP contribution in [0.1, 0.15) is 57.6 Å². The zero-order chi connectivity index (χ0) is 13.9. The van der Waals surface area contributed by atoms with Gasteiger partial charge in [-0.05, 0) is 42.2 Å². The predicted molar refractivity (Wildman–Crippen MR) is 79.2 cm³/mol. The lowest BCUT2D eigenvalue weighted by Crippen LogP contribution is -2.25. The quantitative estimate of drug-likeness (QED) is 0.879. The summed E-state index contributed by atoms with van der Waals surface area (Å²) >= 11 is 0. The number of carbonyl (C=O) groups is 1. The maximum Gasteiger partial charge on any atom is 0.220 e. The van der Waals surface area contributed by atoms with E-state index in [1.165, 1.54) is 11.1 Å². The molecule has 0 bridgehead atoms. The van der Waals surface area contributed by atoms with Crippen LogP contribution in [-0.2, 0) is 16.6 Å². The summed E-state index contributed by atoms with van der Waals surface area (Å²) in [6.45, 7) is 6.72. The van der Waals surface area contributed by atoms with Crippen molar-refractivity contribution in [3.8, 4) is 0 Å². The highest BCUT2D eigenvalue weighted by Crippen LogP contribution is 2.22. The second-order valence-corrected chi connectivity index (χ2v) is 6.64. The molecule has 1 aliphatic rings. The van der Waals surface area contributed by atoms with Crippen LogP contribution in [0.4, 0.5) is 0 Å². The molecule has 0 aliphatic carbocycles. The Bertz CT molecular complexity index is 428. The van der Waals surface area contributed by atoms with Gasteiger partial charge in [-0.3, -0.25) is 4.79 Å². The largest absolute Gasteiger partial charge is 0.353 e. The van der Waals surface area contributed by atoms with Gasteiger partial charge in [0.25, 0.3) is 0 Å². The minimum absolute atomic E-state index is 0.222. The van der Waals surface area contributed by atoms with Gasteiger partial charge >= 0.3 is 0 Å². The molecule has 1 aromatic rings. The summed E-state index contributed by atoms with van der Waals surface area (Å²) in [6, 6.07) is 9.39. The van der Waals surface area contributed by atoms with Crippen molar-refractivity contribution in [2.24, 2.45) is 0 Å². The maximum atomic E-state index is 11.1. The monoisotopic (exact) mass is 259 g/mol. The average molecular weight is 259 g/mol. The predicted octanol–water partition coefficient (Wildman–Crippen LogP) is 3.59. The van der Waals surface area contributed by atoms with Gasteiger partial charge in [-0.25, -0.2) is 0 Å². The van der Waals surface area contributed by atoms with E-state index in [9.17, 15) is 4.79 Å². The second kappa shape index (κ2) is 5.77. The first-order valence-corrected chi connectivity index (χ1v) is 7.34. The maximum absolute atomic E-state index is 11.1. The molecule has 0 aromatic heterocycles. The third-order valence-corrected chi connectivity index (χ3v) is 3.92. The van der Waals surface area contributed by atoms with E-state index < -0.39 is 0 Å². The molecular weight excluding hydrogens is 234 g/mol. The van der Waals surface area contributed by atoms with E-state index in [2.05, 4.69) is 50.4 Å². The van der Waals surface area contributed by atoms with Crippen molar-refractivity contribution in [1.82, 2.24) is 5.32 Å². The summed E-state index contributed by atoms with van der Waals surface area (Å²) in [5.41, 5.74) is 3.02. The van der Waals surface area contributed by atoms with Crippen LogP contribution in [0, 0.1) is 0 Å². The van der Waals surface area contributed by atoms with Crippen LogP contribution in [0.5, 0.6) is 0 Å². The fraction of sp³-hybridized carbons (Fsp3) is 0.588. The van der Waals surface area contributed by atoms with Gasteiger partial charge in [0.05, 0.1) is 0 Å². The third-order valence-electron chi connectivity index (χ3n) is 3.92. The Labute approximate surface area is 116 Å². The van der Waals surface area contributed by atoms with Gasteiger partial charge in [-0.1, -0.05) is 45.0 Å². The molecule has 1 aliphatic heterocycles. The number of rotatable bonds is 4. The molecule has 104 valence electrons. The lowest BCUT2D eigenvalue weighted by molar-refractivity contribution is -0.119. The Morgan fingerprint density at radius 2 is 1.89 bits per heavy atom. The van der Waals surface area contributed by atoms with Gasteiger partial charge < -0.3 is 5.32 Å². The molecule has 0 radical (unpaired) electrons. The molecule has 1 saturated heterocycles. The Kier molecular flexibility index (Phi) is 4.28. The van der Waals surface area contributed by atoms with Crippen LogP contribution < -0.4 is 5.32 Å². The summed E-state index contributed by atoms with van der Waals surface area (Å²) in [5.74, 6) is 0.222. The van der Waals surface area contributed by atoms with Crippen LogP contribution in [-0.4, -0.2) is 11.9 Å². The van der Waals surface area contributed by atoms with Crippen LogP contribution in [0.15, 0.2) is 24.3 Å². The summed E-state index contributed by atoms with van der Waals surface area (Å²) in [6.07, 6.45) is 5.09. The van der Waals surface area contributed by atoms with Crippen LogP contribution >= 0.6 is 0 Å². The van der Waals surface area contributed by atoms with Crippen molar-refractivity contribution in [2.75, 3.05) is 0 Å². The first kappa shape index (κ1) is 14.1. The molecule has 19 heavy (non-hydrogen) atoms. The second-order valence-electron chi connectivity index (χ2n) is 6.64. The van der Waals surface area contributed by atoms with E-state index in [0.717, 1.165) is 25.7 Å². The fourth-order valence-electron chi connectivity index (χ4n) is 2.62. The smallest absolute Gasteiger partial charge is 0.220 e. The van der Waals surface area contributed by atoms with E-state index in [0.29, 0.717) is 12.5 Å². The summed E-state index contributed by atoms with van der Waals surface area (Å²) < 4.78 is 0. The summed E-state index contributed by atoms with van der Waals surface area (Å²) in [7, 11) is 0. The molecule has 1 fully saturated rings. The standard InChI is InChI=1S/C17H25NO/c1-17(2,3)14-9-7-13(8-10-14)5-4-6-15-11-12-16(19)18-15/h7-10,15H,4-6,11-12H2,1-3H3,(H,18,19)/t15-/m1/s1. The number of benzene rings is 1. The third kappa shape index (κ3) is 4.09. The van der Waals surface area contributed by atoms with Gasteiger partial charge in [0.1, 0.15) is 0 Å². The first-order valence-electron chi connectivity index (χ1n) is 7.34. The average Bonchev–Trinajstić information content (AvgIpc) is 2.75. The normalized spacial score (nSPS) is 19.5. The van der Waals surface area contributed by atoms with E-state index >= 15 is 0 Å². The topological polar surface area (TPSA) is 29.1 Å². The van der Waals surface area contributed by atoms with Gasteiger partial charge in [-0.2, -0.15) is 0 Å². The van der Waals surface area contributed by atoms with Crippen molar-refractivity contribution < 1.29 is 4.79 Å². The Morgan fingerprint density at radius 1 is 1.21 bits per heavy atom. The van der Waals surface area contributed by atoms with Crippen molar-refractivity contribution in [3.63, 3.8) is 0 Å². The fourth-order valence-corrected chi connectivity index (χ4v) is 2.62. The number of hydrogen-bond acceptors (Lipinski definition) is 1. The summed E-state index contributed by atoms with van der Waals surface area (Å²) in [5, 5.41) is 3.03. The highest BCUT2D eigenvalue weighted by Gasteiger charge is 2.19. The molecule has 0 unspecified atom stereocenters. The highest BCUT2D eigenvalue weighted by molar-refractivity contribution is 5.78. The Balaban J connectivity index is 1.79. The van der Waals surface area contributed by atoms with Crippen molar-refractivity contribution in [3.05, 3.63) is 35.4 Å². The minimum atomic E-state index is 0.222. The molecule has 1 heterocycles. The molecule has 1 amide bonds. The minimum Gasteiger partial charge on any atom is -0.353 e. The van der Waals surface area contributed by atoms with Gasteiger partial charge in [0.2, 0.25) is 5.91 Å². The molecule has 1 N–H and O–H groups in total. The zero-order valence-electron chi connectivity index (χ0n) is 12.3. The molecule has 1 atom stereocenters. The van der Waals surface area contributed by atoms with E-state index in [-0.39, 0.29) is 11.3 Å². The van der Waals surface area contributed by atoms with E-state index in [4.69, 9.17) is 0 Å². The van der Waals surface area contributed by atoms with Crippen LogP contribution in [0.3, 0.4) is 0 Å². The molecule has 0 spiro atoms. The number of hydrogen-bond donors (Lipinski definition) is 1. The molecule has 2 heteroatoms. The van der Waals surface area contributed by atoms with Crippen LogP contribution in [0.2, 0.25) is 0 Å². The van der Waals surface area contributed by atoms with Gasteiger partial charge in [0.15, 0.2) is 0 Å². The number of carbonyl (C=O) groups excluding carboxylic acids is 1. The van der Waals surface area contributed by atoms with Crippen molar-refractivity contribution in [2.45, 2.75) is 64.3 Å². The van der Waals surface area contributed by atoms with Crippen LogP contribution in [0.25, 0.3) is 0 Å². The van der Waals surface area contributed by atoms with Gasteiger partial charge in [-0.15, -0.1) is 0 Å². The number of amides is 1. The Morgan fingerprint density at radius 3 is 2.42 bits per heavy atom. The lowest BCUT2D eigenvalue weighted by Gasteiger charge is -2.19. The lowest BCUT2D eigenvalue weighted by atomic mass is 9.86. The van der Waals surface area contributed by atoms with E-state index in [1.54, 1.807) is 0 Å². The number of nitrogens with one attached hydrogen (secondary N) is 1. The SMILES string of the molecule is CC(C)(C)c1ccc(CCC[C@@H]2CCC(=O)N2)cc1. The highest BCUT2D eigenvalue weighted by atomic mass is 16.1. The molecule has 2 nitrogen and oxygen atoms in total. The Hall–Kier alpha value is -1.31. The van der Waals surface area contributed by atoms with Gasteiger partial charge in [0, 0.05) is 12.5 Å². The van der Waals surface area contributed by atoms with E-state index in [1.807, 2.05) is 0 Å². The van der Waals surface area contributed by atoms with Crippen molar-refractivity contribution >= 4 is 5.91 Å². The number of aryl methyl sites for hydroxylation is 1. The molecular formula is C17H25NO. The molecule has 2 rings (SSSR count). The molecule has 1 aromatic carbocycles. The summed E-state index contributed by atoms with van der Waals surface area (Å²) in [4.78, 5) is 11.1. The molecule has 0 saturated carbocycles.